The predicted octanol–water partition coefficient (Wildman–Crippen LogP) is 1.48. The normalized spacial score (nSPS) is 16.7. The number of fused-ring (bicyclic) bond motifs is 1. The van der Waals surface area contributed by atoms with E-state index in [2.05, 4.69) is 19.8 Å². The molecule has 152 valence electrons. The number of nitrogens with one attached hydrogen (secondary N) is 1. The molecule has 7 nitrogen and oxygen atoms in total. The number of aromatic amines is 1. The summed E-state index contributed by atoms with van der Waals surface area (Å²) in [6.07, 6.45) is -0.528. The van der Waals surface area contributed by atoms with Crippen molar-refractivity contribution in [3.63, 3.8) is 0 Å². The lowest BCUT2D eigenvalue weighted by atomic mass is 10.2. The number of aliphatic hydroxyl groups is 1. The fraction of sp³-hybridized carbons (Fsp3) is 0.364. The molecule has 2 N–H and O–H groups in total. The Hall–Kier alpha value is -2.74. The van der Waals surface area contributed by atoms with Gasteiger partial charge in [0.2, 0.25) is 0 Å². The zero-order chi connectivity index (χ0) is 20.1. The highest BCUT2D eigenvalue weighted by Gasteiger charge is 2.20. The fourth-order valence-electron chi connectivity index (χ4n) is 3.61. The number of H-pyrrole nitrogens is 1. The first-order valence-corrected chi connectivity index (χ1v) is 9.96. The van der Waals surface area contributed by atoms with Gasteiger partial charge >= 0.3 is 0 Å². The average molecular weight is 394 g/mol. The topological polar surface area (TPSA) is 81.7 Å². The highest BCUT2D eigenvalue weighted by molar-refractivity contribution is 5.77. The van der Waals surface area contributed by atoms with E-state index in [-0.39, 0.29) is 12.2 Å². The summed E-state index contributed by atoms with van der Waals surface area (Å²) >= 11 is 0. The molecule has 0 spiro atoms. The lowest BCUT2D eigenvalue weighted by Crippen LogP contribution is -2.49. The number of aliphatic hydroxyl groups excluding tert-OH is 1. The minimum atomic E-state index is -0.528. The van der Waals surface area contributed by atoms with Crippen LogP contribution >= 0.6 is 0 Å². The summed E-state index contributed by atoms with van der Waals surface area (Å²) in [6, 6.07) is 16.9. The zero-order valence-electron chi connectivity index (χ0n) is 16.3. The van der Waals surface area contributed by atoms with Gasteiger partial charge in [-0.25, -0.2) is 4.98 Å². The van der Waals surface area contributed by atoms with Crippen molar-refractivity contribution < 1.29 is 9.84 Å². The maximum absolute atomic E-state index is 12.2. The average Bonchev–Trinajstić information content (AvgIpc) is 2.74. The van der Waals surface area contributed by atoms with Crippen LogP contribution in [0.2, 0.25) is 0 Å². The van der Waals surface area contributed by atoms with Gasteiger partial charge in [-0.3, -0.25) is 14.6 Å². The van der Waals surface area contributed by atoms with E-state index in [0.717, 1.165) is 37.4 Å². The van der Waals surface area contributed by atoms with Crippen LogP contribution in [0.1, 0.15) is 5.82 Å². The number of hydrogen-bond donors (Lipinski definition) is 2. The summed E-state index contributed by atoms with van der Waals surface area (Å²) in [5, 5.41) is 10.9. The van der Waals surface area contributed by atoms with Crippen LogP contribution in [0.3, 0.4) is 0 Å². The van der Waals surface area contributed by atoms with Gasteiger partial charge in [-0.2, -0.15) is 0 Å². The molecule has 1 fully saturated rings. The Bertz CT molecular complexity index is 984. The first-order chi connectivity index (χ1) is 14.2. The second-order valence-electron chi connectivity index (χ2n) is 7.38. The SMILES string of the molecule is O=c1[nH]c(CN2CCN(CC(O)COc3ccccc3)CC2)nc2ccccc12. The minimum Gasteiger partial charge on any atom is -0.491 e. The van der Waals surface area contributed by atoms with Crippen molar-refractivity contribution in [1.29, 1.82) is 0 Å². The molecule has 1 aromatic heterocycles. The first kappa shape index (κ1) is 19.6. The second-order valence-corrected chi connectivity index (χ2v) is 7.38. The van der Waals surface area contributed by atoms with Crippen molar-refractivity contribution in [2.75, 3.05) is 39.3 Å². The molecule has 0 radical (unpaired) electrons. The van der Waals surface area contributed by atoms with E-state index < -0.39 is 6.10 Å². The number of benzene rings is 2. The molecule has 0 saturated carbocycles. The molecule has 1 aliphatic rings. The molecule has 7 heteroatoms. The molecule has 3 aromatic rings. The van der Waals surface area contributed by atoms with Crippen molar-refractivity contribution in [2.24, 2.45) is 0 Å². The maximum Gasteiger partial charge on any atom is 0.258 e. The Morgan fingerprint density at radius 2 is 1.69 bits per heavy atom. The number of ether oxygens (including phenoxy) is 1. The molecule has 29 heavy (non-hydrogen) atoms. The van der Waals surface area contributed by atoms with Gasteiger partial charge in [0.05, 0.1) is 17.4 Å². The largest absolute Gasteiger partial charge is 0.491 e. The van der Waals surface area contributed by atoms with Crippen molar-refractivity contribution in [3.05, 3.63) is 70.8 Å². The van der Waals surface area contributed by atoms with E-state index in [1.165, 1.54) is 0 Å². The van der Waals surface area contributed by atoms with E-state index in [1.807, 2.05) is 48.5 Å². The van der Waals surface area contributed by atoms with E-state index in [0.29, 0.717) is 24.3 Å². The number of β-amino-alcohol motifs (C(OH)–C–C–N with tert-alkyl or cyclic N) is 1. The third-order valence-corrected chi connectivity index (χ3v) is 5.15. The van der Waals surface area contributed by atoms with Crippen molar-refractivity contribution >= 4 is 10.9 Å². The van der Waals surface area contributed by atoms with Crippen LogP contribution in [-0.4, -0.2) is 70.3 Å². The van der Waals surface area contributed by atoms with Gasteiger partial charge in [0.1, 0.15) is 24.3 Å². The number of rotatable bonds is 7. The highest BCUT2D eigenvalue weighted by Crippen LogP contribution is 2.11. The second kappa shape index (κ2) is 9.17. The highest BCUT2D eigenvalue weighted by atomic mass is 16.5. The predicted molar refractivity (Wildman–Crippen MR) is 112 cm³/mol. The molecule has 0 bridgehead atoms. The molecule has 4 rings (SSSR count). The summed E-state index contributed by atoms with van der Waals surface area (Å²) in [6.45, 7) is 4.94. The van der Waals surface area contributed by atoms with E-state index >= 15 is 0 Å². The molecular formula is C22H26N4O3. The molecule has 1 aliphatic heterocycles. The molecule has 0 aliphatic carbocycles. The first-order valence-electron chi connectivity index (χ1n) is 9.96. The van der Waals surface area contributed by atoms with E-state index in [1.54, 1.807) is 6.07 Å². The molecule has 0 amide bonds. The Balaban J connectivity index is 1.25. The summed E-state index contributed by atoms with van der Waals surface area (Å²) in [5.41, 5.74) is 0.636. The van der Waals surface area contributed by atoms with Gasteiger partial charge in [0.15, 0.2) is 0 Å². The molecule has 2 aromatic carbocycles. The van der Waals surface area contributed by atoms with Gasteiger partial charge in [0.25, 0.3) is 5.56 Å². The Morgan fingerprint density at radius 3 is 2.48 bits per heavy atom. The Kier molecular flexibility index (Phi) is 6.19. The van der Waals surface area contributed by atoms with Gasteiger partial charge < -0.3 is 14.8 Å². The number of hydrogen-bond acceptors (Lipinski definition) is 6. The molecule has 1 saturated heterocycles. The third kappa shape index (κ3) is 5.20. The van der Waals surface area contributed by atoms with Gasteiger partial charge in [-0.15, -0.1) is 0 Å². The number of aromatic nitrogens is 2. The molecular weight excluding hydrogens is 368 g/mol. The van der Waals surface area contributed by atoms with E-state index in [9.17, 15) is 9.90 Å². The van der Waals surface area contributed by atoms with Crippen molar-refractivity contribution in [3.8, 4) is 5.75 Å². The fourth-order valence-corrected chi connectivity index (χ4v) is 3.61. The number of nitrogens with zero attached hydrogens (tertiary/aromatic N) is 3. The molecule has 2 heterocycles. The lowest BCUT2D eigenvalue weighted by Gasteiger charge is -2.35. The number of para-hydroxylation sites is 2. The Labute approximate surface area is 169 Å². The lowest BCUT2D eigenvalue weighted by molar-refractivity contribution is 0.0441. The van der Waals surface area contributed by atoms with Gasteiger partial charge in [-0.05, 0) is 24.3 Å². The smallest absolute Gasteiger partial charge is 0.258 e. The van der Waals surface area contributed by atoms with Crippen LogP contribution in [0.5, 0.6) is 5.75 Å². The third-order valence-electron chi connectivity index (χ3n) is 5.15. The van der Waals surface area contributed by atoms with Crippen LogP contribution in [0, 0.1) is 0 Å². The minimum absolute atomic E-state index is 0.0919. The standard InChI is InChI=1S/C22H26N4O3/c27-17(16-29-18-6-2-1-3-7-18)14-25-10-12-26(13-11-25)15-21-23-20-9-5-4-8-19(20)22(28)24-21/h1-9,17,27H,10-16H2,(H,23,24,28). The molecule has 1 unspecified atom stereocenters. The van der Waals surface area contributed by atoms with Crippen LogP contribution in [0.4, 0.5) is 0 Å². The van der Waals surface area contributed by atoms with Crippen molar-refractivity contribution in [2.45, 2.75) is 12.6 Å². The summed E-state index contributed by atoms with van der Waals surface area (Å²) in [7, 11) is 0. The summed E-state index contributed by atoms with van der Waals surface area (Å²) < 4.78 is 5.63. The van der Waals surface area contributed by atoms with Crippen LogP contribution in [-0.2, 0) is 6.54 Å². The summed E-state index contributed by atoms with van der Waals surface area (Å²) in [5.74, 6) is 1.46. The Morgan fingerprint density at radius 1 is 1.00 bits per heavy atom. The quantitative estimate of drug-likeness (QED) is 0.632. The monoisotopic (exact) mass is 394 g/mol. The maximum atomic E-state index is 12.2. The van der Waals surface area contributed by atoms with Crippen molar-refractivity contribution in [1.82, 2.24) is 19.8 Å². The summed E-state index contributed by atoms with van der Waals surface area (Å²) in [4.78, 5) is 24.2. The van der Waals surface area contributed by atoms with Gasteiger partial charge in [-0.1, -0.05) is 30.3 Å². The number of piperazine rings is 1. The zero-order valence-corrected chi connectivity index (χ0v) is 16.3. The molecule has 1 atom stereocenters. The van der Waals surface area contributed by atoms with Gasteiger partial charge in [0, 0.05) is 32.7 Å². The van der Waals surface area contributed by atoms with Crippen LogP contribution in [0.15, 0.2) is 59.4 Å². The van der Waals surface area contributed by atoms with E-state index in [4.69, 9.17) is 4.74 Å². The van der Waals surface area contributed by atoms with Crippen LogP contribution in [0.25, 0.3) is 10.9 Å². The van der Waals surface area contributed by atoms with Crippen LogP contribution < -0.4 is 10.3 Å².